The van der Waals surface area contributed by atoms with Gasteiger partial charge in [0.25, 0.3) is 0 Å². The van der Waals surface area contributed by atoms with Gasteiger partial charge in [0, 0.05) is 45.4 Å². The van der Waals surface area contributed by atoms with E-state index < -0.39 is 9.84 Å². The van der Waals surface area contributed by atoms with Crippen molar-refractivity contribution in [1.82, 2.24) is 15.1 Å². The van der Waals surface area contributed by atoms with Gasteiger partial charge in [-0.15, -0.1) is 0 Å². The summed E-state index contributed by atoms with van der Waals surface area (Å²) in [5.74, 6) is 0.675. The minimum absolute atomic E-state index is 0.209. The molecule has 22 heavy (non-hydrogen) atoms. The van der Waals surface area contributed by atoms with E-state index in [1.807, 2.05) is 0 Å². The molecule has 2 atom stereocenters. The van der Waals surface area contributed by atoms with Crippen LogP contribution in [0, 0.1) is 0 Å². The quantitative estimate of drug-likeness (QED) is 0.712. The Balaban J connectivity index is 1.40. The SMILES string of the molecule is O=S1(=O)CC[C@@H](N2CCN(C(=S)NC[C@@H]3CCCO3)CC2)C1. The highest BCUT2D eigenvalue weighted by Crippen LogP contribution is 2.19. The molecule has 3 heterocycles. The second-order valence-corrected chi connectivity index (χ2v) is 9.02. The van der Waals surface area contributed by atoms with Crippen LogP contribution in [0.25, 0.3) is 0 Å². The first kappa shape index (κ1) is 16.4. The summed E-state index contributed by atoms with van der Waals surface area (Å²) in [5.41, 5.74) is 0. The highest BCUT2D eigenvalue weighted by molar-refractivity contribution is 7.91. The molecular formula is C14H25N3O3S2. The normalized spacial score (nSPS) is 32.3. The van der Waals surface area contributed by atoms with Crippen molar-refractivity contribution in [3.8, 4) is 0 Å². The van der Waals surface area contributed by atoms with Crippen molar-refractivity contribution in [2.45, 2.75) is 31.4 Å². The molecule has 0 spiro atoms. The minimum atomic E-state index is -2.80. The zero-order chi connectivity index (χ0) is 15.6. The van der Waals surface area contributed by atoms with Crippen LogP contribution in [0.1, 0.15) is 19.3 Å². The lowest BCUT2D eigenvalue weighted by atomic mass is 10.2. The lowest BCUT2D eigenvalue weighted by Gasteiger charge is -2.38. The summed E-state index contributed by atoms with van der Waals surface area (Å²) >= 11 is 5.46. The van der Waals surface area contributed by atoms with E-state index in [9.17, 15) is 8.42 Å². The monoisotopic (exact) mass is 347 g/mol. The number of piperazine rings is 1. The van der Waals surface area contributed by atoms with Crippen molar-refractivity contribution in [3.63, 3.8) is 0 Å². The third-order valence-corrected chi connectivity index (χ3v) is 6.98. The Kier molecular flexibility index (Phi) is 5.21. The number of rotatable bonds is 3. The zero-order valence-corrected chi connectivity index (χ0v) is 14.5. The molecule has 126 valence electrons. The van der Waals surface area contributed by atoms with Crippen molar-refractivity contribution >= 4 is 27.2 Å². The van der Waals surface area contributed by atoms with Crippen molar-refractivity contribution in [3.05, 3.63) is 0 Å². The van der Waals surface area contributed by atoms with Crippen LogP contribution in [0.3, 0.4) is 0 Å². The molecule has 0 aromatic carbocycles. The number of nitrogens with zero attached hydrogens (tertiary/aromatic N) is 2. The van der Waals surface area contributed by atoms with Gasteiger partial charge in [-0.1, -0.05) is 0 Å². The van der Waals surface area contributed by atoms with Crippen LogP contribution in [0.2, 0.25) is 0 Å². The number of sulfone groups is 1. The Bertz CT molecular complexity index is 497. The van der Waals surface area contributed by atoms with Gasteiger partial charge in [0.05, 0.1) is 17.6 Å². The van der Waals surface area contributed by atoms with Gasteiger partial charge in [0.2, 0.25) is 0 Å². The van der Waals surface area contributed by atoms with Crippen LogP contribution in [0.4, 0.5) is 0 Å². The third kappa shape index (κ3) is 4.10. The Hall–Kier alpha value is -0.440. The predicted octanol–water partition coefficient (Wildman–Crippen LogP) is -0.155. The van der Waals surface area contributed by atoms with Crippen molar-refractivity contribution in [2.75, 3.05) is 50.8 Å². The van der Waals surface area contributed by atoms with E-state index in [4.69, 9.17) is 17.0 Å². The molecule has 0 aromatic rings. The van der Waals surface area contributed by atoms with Crippen LogP contribution in [0.5, 0.6) is 0 Å². The van der Waals surface area contributed by atoms with Crippen LogP contribution in [0.15, 0.2) is 0 Å². The van der Waals surface area contributed by atoms with Crippen molar-refractivity contribution < 1.29 is 13.2 Å². The van der Waals surface area contributed by atoms with Gasteiger partial charge < -0.3 is 15.0 Å². The Labute approximate surface area is 138 Å². The van der Waals surface area contributed by atoms with Crippen LogP contribution >= 0.6 is 12.2 Å². The molecule has 3 aliphatic heterocycles. The molecule has 0 saturated carbocycles. The maximum atomic E-state index is 11.6. The lowest BCUT2D eigenvalue weighted by Crippen LogP contribution is -2.54. The van der Waals surface area contributed by atoms with Gasteiger partial charge in [-0.05, 0) is 31.5 Å². The molecule has 6 nitrogen and oxygen atoms in total. The lowest BCUT2D eigenvalue weighted by molar-refractivity contribution is 0.111. The second kappa shape index (κ2) is 6.98. The average molecular weight is 348 g/mol. The van der Waals surface area contributed by atoms with Crippen molar-refractivity contribution in [2.24, 2.45) is 0 Å². The first-order chi connectivity index (χ1) is 10.5. The summed E-state index contributed by atoms with van der Waals surface area (Å²) in [6, 6.07) is 0.209. The molecule has 0 unspecified atom stereocenters. The minimum Gasteiger partial charge on any atom is -0.376 e. The molecule has 8 heteroatoms. The molecule has 0 aromatic heterocycles. The second-order valence-electron chi connectivity index (χ2n) is 6.40. The van der Waals surface area contributed by atoms with E-state index in [1.165, 1.54) is 0 Å². The Morgan fingerprint density at radius 3 is 2.59 bits per heavy atom. The molecule has 0 radical (unpaired) electrons. The molecule has 3 saturated heterocycles. The molecular weight excluding hydrogens is 322 g/mol. The van der Waals surface area contributed by atoms with Gasteiger partial charge in [-0.3, -0.25) is 4.90 Å². The smallest absolute Gasteiger partial charge is 0.169 e. The highest BCUT2D eigenvalue weighted by Gasteiger charge is 2.34. The largest absolute Gasteiger partial charge is 0.376 e. The first-order valence-electron chi connectivity index (χ1n) is 8.12. The van der Waals surface area contributed by atoms with Gasteiger partial charge in [0.1, 0.15) is 0 Å². The standard InChI is InChI=1S/C14H25N3O3S2/c18-22(19)9-3-12(11-22)16-4-6-17(7-5-16)14(21)15-10-13-2-1-8-20-13/h12-13H,1-11H2,(H,15,21)/t12-,13+/m1/s1. The zero-order valence-electron chi connectivity index (χ0n) is 12.9. The average Bonchev–Trinajstić information content (AvgIpc) is 3.14. The number of hydrogen-bond acceptors (Lipinski definition) is 5. The summed E-state index contributed by atoms with van der Waals surface area (Å²) in [6.07, 6.45) is 3.33. The van der Waals surface area contributed by atoms with Crippen LogP contribution < -0.4 is 5.32 Å². The van der Waals surface area contributed by atoms with E-state index >= 15 is 0 Å². The maximum Gasteiger partial charge on any atom is 0.169 e. The van der Waals surface area contributed by atoms with Gasteiger partial charge in [-0.25, -0.2) is 8.42 Å². The van der Waals surface area contributed by atoms with Gasteiger partial charge >= 0.3 is 0 Å². The maximum absolute atomic E-state index is 11.6. The van der Waals surface area contributed by atoms with E-state index in [2.05, 4.69) is 15.1 Å². The molecule has 0 amide bonds. The molecule has 3 aliphatic rings. The van der Waals surface area contributed by atoms with E-state index in [0.717, 1.165) is 63.7 Å². The van der Waals surface area contributed by atoms with E-state index in [-0.39, 0.29) is 6.04 Å². The number of thiocarbonyl (C=S) groups is 1. The van der Waals surface area contributed by atoms with E-state index in [1.54, 1.807) is 0 Å². The van der Waals surface area contributed by atoms with Gasteiger partial charge in [0.15, 0.2) is 14.9 Å². The first-order valence-corrected chi connectivity index (χ1v) is 10.4. The van der Waals surface area contributed by atoms with Crippen LogP contribution in [-0.4, -0.2) is 86.3 Å². The fourth-order valence-corrected chi connectivity index (χ4v) is 5.50. The molecule has 0 aliphatic carbocycles. The summed E-state index contributed by atoms with van der Waals surface area (Å²) in [5, 5.41) is 4.11. The number of ether oxygens (including phenoxy) is 1. The summed E-state index contributed by atoms with van der Waals surface area (Å²) in [7, 11) is -2.80. The third-order valence-electron chi connectivity index (χ3n) is 4.83. The van der Waals surface area contributed by atoms with E-state index in [0.29, 0.717) is 17.6 Å². The molecule has 0 bridgehead atoms. The Morgan fingerprint density at radius 1 is 1.23 bits per heavy atom. The topological polar surface area (TPSA) is 61.9 Å². The molecule has 1 N–H and O–H groups in total. The highest BCUT2D eigenvalue weighted by atomic mass is 32.2. The fourth-order valence-electron chi connectivity index (χ4n) is 3.47. The van der Waals surface area contributed by atoms with Gasteiger partial charge in [-0.2, -0.15) is 0 Å². The predicted molar refractivity (Wildman–Crippen MR) is 89.8 cm³/mol. The molecule has 3 fully saturated rings. The number of hydrogen-bond donors (Lipinski definition) is 1. The number of nitrogens with one attached hydrogen (secondary N) is 1. The summed E-state index contributed by atoms with van der Waals surface area (Å²) < 4.78 is 28.8. The van der Waals surface area contributed by atoms with Crippen molar-refractivity contribution in [1.29, 1.82) is 0 Å². The summed E-state index contributed by atoms with van der Waals surface area (Å²) in [6.45, 7) is 5.17. The summed E-state index contributed by atoms with van der Waals surface area (Å²) in [4.78, 5) is 4.49. The fraction of sp³-hybridized carbons (Fsp3) is 0.929. The van der Waals surface area contributed by atoms with Crippen LogP contribution in [-0.2, 0) is 14.6 Å². The Morgan fingerprint density at radius 2 is 2.00 bits per heavy atom. The molecule has 3 rings (SSSR count).